The van der Waals surface area contributed by atoms with Crippen LogP contribution in [0, 0.1) is 0 Å². The Morgan fingerprint density at radius 3 is 2.75 bits per heavy atom. The zero-order valence-electron chi connectivity index (χ0n) is 16.9. The number of rotatable bonds is 5. The van der Waals surface area contributed by atoms with Gasteiger partial charge in [0.2, 0.25) is 5.95 Å². The molecule has 1 aromatic heterocycles. The fourth-order valence-electron chi connectivity index (χ4n) is 4.51. The van der Waals surface area contributed by atoms with Gasteiger partial charge in [-0.1, -0.05) is 0 Å². The monoisotopic (exact) mass is 389 g/mol. The molecule has 0 aliphatic carbocycles. The highest BCUT2D eigenvalue weighted by Gasteiger charge is 2.47. The number of aromatic nitrogens is 2. The van der Waals surface area contributed by atoms with E-state index in [1.807, 2.05) is 11.0 Å². The molecule has 3 aliphatic heterocycles. The highest BCUT2D eigenvalue weighted by Crippen LogP contribution is 2.34. The third-order valence-electron chi connectivity index (χ3n) is 6.36. The third-order valence-corrected chi connectivity index (χ3v) is 6.36. The molecular weight excluding hydrogens is 358 g/mol. The van der Waals surface area contributed by atoms with E-state index < -0.39 is 0 Å². The van der Waals surface area contributed by atoms with Gasteiger partial charge in [-0.05, 0) is 33.1 Å². The molecule has 9 nitrogen and oxygen atoms in total. The van der Waals surface area contributed by atoms with Crippen LogP contribution in [0.4, 0.5) is 16.6 Å². The van der Waals surface area contributed by atoms with E-state index in [0.29, 0.717) is 12.6 Å². The summed E-state index contributed by atoms with van der Waals surface area (Å²) in [5.74, 6) is 1.13. The lowest BCUT2D eigenvalue weighted by Crippen LogP contribution is -2.47. The van der Waals surface area contributed by atoms with Crippen LogP contribution in [0.3, 0.4) is 0 Å². The van der Waals surface area contributed by atoms with E-state index >= 15 is 0 Å². The number of hydrogen-bond acceptors (Lipinski definition) is 8. The van der Waals surface area contributed by atoms with Crippen LogP contribution in [0.2, 0.25) is 0 Å². The number of nitrogen functional groups attached to an aromatic ring is 1. The van der Waals surface area contributed by atoms with Gasteiger partial charge in [0, 0.05) is 57.8 Å². The molecule has 28 heavy (non-hydrogen) atoms. The number of nitrogens with two attached hydrogens (primary N) is 1. The number of ether oxygens (including phenoxy) is 1. The van der Waals surface area contributed by atoms with E-state index in [2.05, 4.69) is 38.8 Å². The van der Waals surface area contributed by atoms with Crippen molar-refractivity contribution < 1.29 is 9.53 Å². The Morgan fingerprint density at radius 1 is 1.29 bits per heavy atom. The van der Waals surface area contributed by atoms with Crippen molar-refractivity contribution in [2.45, 2.75) is 30.9 Å². The predicted octanol–water partition coefficient (Wildman–Crippen LogP) is 0.486. The van der Waals surface area contributed by atoms with Crippen LogP contribution in [0.25, 0.3) is 0 Å². The van der Waals surface area contributed by atoms with Crippen LogP contribution < -0.4 is 10.6 Å². The van der Waals surface area contributed by atoms with E-state index in [1.165, 1.54) is 6.42 Å². The number of likely N-dealkylation sites (tertiary alicyclic amines) is 1. The van der Waals surface area contributed by atoms with Crippen molar-refractivity contribution in [2.24, 2.45) is 0 Å². The maximum Gasteiger partial charge on any atom is 0.410 e. The van der Waals surface area contributed by atoms with Gasteiger partial charge in [0.25, 0.3) is 0 Å². The van der Waals surface area contributed by atoms with Crippen molar-refractivity contribution in [3.05, 3.63) is 12.3 Å². The molecule has 154 valence electrons. The molecule has 3 aliphatic rings. The smallest absolute Gasteiger partial charge is 0.410 e. The lowest BCUT2D eigenvalue weighted by molar-refractivity contribution is 0.0366. The maximum absolute atomic E-state index is 12.4. The highest BCUT2D eigenvalue weighted by molar-refractivity contribution is 5.70. The fourth-order valence-corrected chi connectivity index (χ4v) is 4.51. The lowest BCUT2D eigenvalue weighted by atomic mass is 9.91. The molecular formula is C19H31N7O2. The number of carbonyl (C=O) groups excluding carboxylic acids is 1. The molecule has 0 aromatic carbocycles. The number of amides is 1. The quantitative estimate of drug-likeness (QED) is 0.778. The van der Waals surface area contributed by atoms with Gasteiger partial charge in [-0.25, -0.2) is 9.78 Å². The zero-order valence-corrected chi connectivity index (χ0v) is 16.9. The SMILES string of the molecule is CN(C)C1CCN(CCN2CC3(CCN(c4ccnc(N)n4)CC3)OC2=O)C1. The molecule has 0 saturated carbocycles. The Kier molecular flexibility index (Phi) is 5.29. The summed E-state index contributed by atoms with van der Waals surface area (Å²) in [5.41, 5.74) is 5.34. The van der Waals surface area contributed by atoms with E-state index in [4.69, 9.17) is 10.5 Å². The van der Waals surface area contributed by atoms with Gasteiger partial charge in [-0.15, -0.1) is 0 Å². The van der Waals surface area contributed by atoms with Crippen LogP contribution in [0.5, 0.6) is 0 Å². The van der Waals surface area contributed by atoms with Crippen molar-refractivity contribution in [1.29, 1.82) is 0 Å². The van der Waals surface area contributed by atoms with Crippen molar-refractivity contribution >= 4 is 17.9 Å². The van der Waals surface area contributed by atoms with Crippen molar-refractivity contribution in [1.82, 2.24) is 24.7 Å². The first-order valence-corrected chi connectivity index (χ1v) is 10.1. The van der Waals surface area contributed by atoms with E-state index in [1.54, 1.807) is 6.20 Å². The van der Waals surface area contributed by atoms with Crippen LogP contribution >= 0.6 is 0 Å². The summed E-state index contributed by atoms with van der Waals surface area (Å²) in [5, 5.41) is 0. The third kappa shape index (κ3) is 4.00. The average Bonchev–Trinajstić information content (AvgIpc) is 3.26. The summed E-state index contributed by atoms with van der Waals surface area (Å²) in [6.45, 7) is 6.14. The number of anilines is 2. The topological polar surface area (TPSA) is 91.1 Å². The van der Waals surface area contributed by atoms with Crippen LogP contribution in [0.1, 0.15) is 19.3 Å². The fraction of sp³-hybridized carbons (Fsp3) is 0.737. The minimum atomic E-state index is -0.358. The summed E-state index contributed by atoms with van der Waals surface area (Å²) in [7, 11) is 4.27. The molecule has 4 heterocycles. The predicted molar refractivity (Wildman–Crippen MR) is 107 cm³/mol. The molecule has 3 saturated heterocycles. The Balaban J connectivity index is 1.28. The Labute approximate surface area is 166 Å². The standard InChI is InChI=1S/C19H31N7O2/c1-23(2)15-4-8-24(13-15)11-12-26-14-19(28-18(26)27)5-9-25(10-6-19)16-3-7-21-17(20)22-16/h3,7,15H,4-6,8-14H2,1-2H3,(H2,20,21,22). The normalized spacial score (nSPS) is 25.1. The first kappa shape index (κ1) is 19.2. The molecule has 1 unspecified atom stereocenters. The molecule has 4 rings (SSSR count). The molecule has 1 aromatic rings. The molecule has 0 radical (unpaired) electrons. The lowest BCUT2D eigenvalue weighted by Gasteiger charge is -2.38. The first-order valence-electron chi connectivity index (χ1n) is 10.1. The second-order valence-corrected chi connectivity index (χ2v) is 8.44. The molecule has 3 fully saturated rings. The highest BCUT2D eigenvalue weighted by atomic mass is 16.6. The Bertz CT molecular complexity index is 705. The van der Waals surface area contributed by atoms with Gasteiger partial charge < -0.3 is 25.2 Å². The number of nitrogens with zero attached hydrogens (tertiary/aromatic N) is 6. The minimum absolute atomic E-state index is 0.164. The summed E-state index contributed by atoms with van der Waals surface area (Å²) in [4.78, 5) is 29.5. The van der Waals surface area contributed by atoms with Gasteiger partial charge in [-0.3, -0.25) is 4.90 Å². The number of likely N-dealkylation sites (N-methyl/N-ethyl adjacent to an activating group) is 1. The van der Waals surface area contributed by atoms with Gasteiger partial charge in [0.1, 0.15) is 11.4 Å². The average molecular weight is 390 g/mol. The Hall–Kier alpha value is -2.13. The molecule has 2 N–H and O–H groups in total. The Morgan fingerprint density at radius 2 is 2.07 bits per heavy atom. The number of carbonyl (C=O) groups is 1. The molecule has 1 spiro atoms. The van der Waals surface area contributed by atoms with Crippen LogP contribution in [0.15, 0.2) is 12.3 Å². The van der Waals surface area contributed by atoms with Crippen molar-refractivity contribution in [2.75, 3.05) is 70.5 Å². The molecule has 1 amide bonds. The van der Waals surface area contributed by atoms with Gasteiger partial charge in [0.05, 0.1) is 6.54 Å². The largest absolute Gasteiger partial charge is 0.441 e. The summed E-state index contributed by atoms with van der Waals surface area (Å²) >= 11 is 0. The molecule has 9 heteroatoms. The molecule has 1 atom stereocenters. The van der Waals surface area contributed by atoms with Crippen LogP contribution in [-0.4, -0.2) is 102 Å². The van der Waals surface area contributed by atoms with Crippen molar-refractivity contribution in [3.8, 4) is 0 Å². The summed E-state index contributed by atoms with van der Waals surface area (Å²) in [6, 6.07) is 2.50. The number of piperidine rings is 1. The second kappa shape index (κ2) is 7.71. The van der Waals surface area contributed by atoms with Crippen LogP contribution in [-0.2, 0) is 4.74 Å². The van der Waals surface area contributed by atoms with Gasteiger partial charge >= 0.3 is 6.09 Å². The van der Waals surface area contributed by atoms with E-state index in [0.717, 1.165) is 57.9 Å². The zero-order chi connectivity index (χ0) is 19.7. The van der Waals surface area contributed by atoms with Crippen molar-refractivity contribution in [3.63, 3.8) is 0 Å². The molecule has 0 bridgehead atoms. The second-order valence-electron chi connectivity index (χ2n) is 8.44. The number of hydrogen-bond donors (Lipinski definition) is 1. The van der Waals surface area contributed by atoms with Gasteiger partial charge in [-0.2, -0.15) is 4.98 Å². The summed E-state index contributed by atoms with van der Waals surface area (Å²) in [6.07, 6.45) is 4.34. The minimum Gasteiger partial charge on any atom is -0.441 e. The van der Waals surface area contributed by atoms with E-state index in [-0.39, 0.29) is 17.6 Å². The maximum atomic E-state index is 12.4. The van der Waals surface area contributed by atoms with E-state index in [9.17, 15) is 4.79 Å². The first-order chi connectivity index (χ1) is 13.4. The summed E-state index contributed by atoms with van der Waals surface area (Å²) < 4.78 is 5.86. The van der Waals surface area contributed by atoms with Gasteiger partial charge in [0.15, 0.2) is 0 Å².